The minimum Gasteiger partial charge on any atom is -0.325 e. The van der Waals surface area contributed by atoms with Crippen molar-refractivity contribution in [3.05, 3.63) is 33.9 Å². The number of benzene rings is 1. The maximum absolute atomic E-state index is 12.9. The van der Waals surface area contributed by atoms with E-state index < -0.39 is 14.9 Å². The third kappa shape index (κ3) is 3.51. The third-order valence-corrected chi connectivity index (χ3v) is 6.93. The lowest BCUT2D eigenvalue weighted by molar-refractivity contribution is -0.385. The molecule has 1 aromatic rings. The Labute approximate surface area is 152 Å². The molecule has 2 saturated heterocycles. The van der Waals surface area contributed by atoms with Gasteiger partial charge in [0, 0.05) is 51.4 Å². The molecule has 2 fully saturated rings. The molecule has 9 nitrogen and oxygen atoms in total. The molecule has 0 saturated carbocycles. The smallest absolute Gasteiger partial charge is 0.320 e. The molecular formula is C16H22N4O5S. The van der Waals surface area contributed by atoms with Crippen LogP contribution in [0.1, 0.15) is 18.4 Å². The zero-order chi connectivity index (χ0) is 18.9. The molecule has 2 aliphatic heterocycles. The first kappa shape index (κ1) is 18.6. The van der Waals surface area contributed by atoms with E-state index in [2.05, 4.69) is 0 Å². The average molecular weight is 382 g/mol. The van der Waals surface area contributed by atoms with Gasteiger partial charge >= 0.3 is 6.03 Å². The van der Waals surface area contributed by atoms with Crippen LogP contribution in [0.3, 0.4) is 0 Å². The predicted molar refractivity (Wildman–Crippen MR) is 94.4 cm³/mol. The van der Waals surface area contributed by atoms with Gasteiger partial charge in [0.15, 0.2) is 0 Å². The summed E-state index contributed by atoms with van der Waals surface area (Å²) in [4.78, 5) is 26.2. The highest BCUT2D eigenvalue weighted by Gasteiger charge is 2.33. The number of carbonyl (C=O) groups is 1. The van der Waals surface area contributed by atoms with Crippen molar-refractivity contribution in [2.45, 2.75) is 24.7 Å². The first-order valence-electron chi connectivity index (χ1n) is 8.60. The van der Waals surface area contributed by atoms with Crippen LogP contribution in [0, 0.1) is 17.0 Å². The van der Waals surface area contributed by atoms with Crippen molar-refractivity contribution in [2.24, 2.45) is 0 Å². The fourth-order valence-electron chi connectivity index (χ4n) is 3.35. The van der Waals surface area contributed by atoms with Gasteiger partial charge in [-0.25, -0.2) is 13.2 Å². The number of likely N-dealkylation sites (tertiary alicyclic amines) is 1. The van der Waals surface area contributed by atoms with Crippen LogP contribution in [0.5, 0.6) is 0 Å². The number of nitro groups is 1. The minimum absolute atomic E-state index is 0.0360. The van der Waals surface area contributed by atoms with Gasteiger partial charge in [-0.1, -0.05) is 6.07 Å². The van der Waals surface area contributed by atoms with Crippen LogP contribution in [0.25, 0.3) is 0 Å². The Morgan fingerprint density at radius 2 is 1.62 bits per heavy atom. The van der Waals surface area contributed by atoms with Crippen molar-refractivity contribution < 1.29 is 18.1 Å². The third-order valence-electron chi connectivity index (χ3n) is 4.89. The van der Waals surface area contributed by atoms with Crippen molar-refractivity contribution in [1.82, 2.24) is 14.1 Å². The number of hydrogen-bond donors (Lipinski definition) is 0. The fourth-order valence-corrected chi connectivity index (χ4v) is 5.01. The first-order valence-corrected chi connectivity index (χ1v) is 10.0. The summed E-state index contributed by atoms with van der Waals surface area (Å²) in [5, 5.41) is 11.0. The summed E-state index contributed by atoms with van der Waals surface area (Å²) in [7, 11) is -3.84. The van der Waals surface area contributed by atoms with Crippen LogP contribution in [-0.4, -0.2) is 72.7 Å². The van der Waals surface area contributed by atoms with E-state index in [1.165, 1.54) is 16.4 Å². The Morgan fingerprint density at radius 3 is 2.19 bits per heavy atom. The van der Waals surface area contributed by atoms with Crippen LogP contribution in [-0.2, 0) is 10.0 Å². The molecule has 10 heteroatoms. The van der Waals surface area contributed by atoms with Crippen LogP contribution < -0.4 is 0 Å². The molecular weight excluding hydrogens is 360 g/mol. The highest BCUT2D eigenvalue weighted by molar-refractivity contribution is 7.89. The zero-order valence-corrected chi connectivity index (χ0v) is 15.4. The topological polar surface area (TPSA) is 104 Å². The monoisotopic (exact) mass is 382 g/mol. The maximum atomic E-state index is 12.9. The highest BCUT2D eigenvalue weighted by atomic mass is 32.2. The van der Waals surface area contributed by atoms with E-state index in [1.807, 2.05) is 0 Å². The number of rotatable bonds is 3. The van der Waals surface area contributed by atoms with E-state index in [1.54, 1.807) is 16.7 Å². The molecule has 0 aromatic heterocycles. The largest absolute Gasteiger partial charge is 0.325 e. The maximum Gasteiger partial charge on any atom is 0.320 e. The van der Waals surface area contributed by atoms with Crippen molar-refractivity contribution in [1.29, 1.82) is 0 Å². The van der Waals surface area contributed by atoms with Gasteiger partial charge in [0.05, 0.1) is 9.82 Å². The molecule has 142 valence electrons. The molecule has 3 rings (SSSR count). The molecule has 0 bridgehead atoms. The van der Waals surface area contributed by atoms with Gasteiger partial charge in [-0.3, -0.25) is 10.1 Å². The molecule has 26 heavy (non-hydrogen) atoms. The van der Waals surface area contributed by atoms with Crippen molar-refractivity contribution >= 4 is 21.7 Å². The second kappa shape index (κ2) is 7.20. The van der Waals surface area contributed by atoms with Gasteiger partial charge in [-0.05, 0) is 25.3 Å². The van der Waals surface area contributed by atoms with E-state index in [-0.39, 0.29) is 29.7 Å². The molecule has 0 N–H and O–H groups in total. The van der Waals surface area contributed by atoms with E-state index in [0.717, 1.165) is 32.0 Å². The van der Waals surface area contributed by atoms with Gasteiger partial charge in [0.2, 0.25) is 10.0 Å². The number of hydrogen-bond acceptors (Lipinski definition) is 5. The van der Waals surface area contributed by atoms with Crippen LogP contribution in [0.4, 0.5) is 10.5 Å². The molecule has 0 atom stereocenters. The molecule has 0 radical (unpaired) electrons. The number of nitrogens with zero attached hydrogens (tertiary/aromatic N) is 4. The lowest BCUT2D eigenvalue weighted by Crippen LogP contribution is -2.53. The first-order chi connectivity index (χ1) is 12.3. The van der Waals surface area contributed by atoms with Crippen molar-refractivity contribution in [2.75, 3.05) is 39.3 Å². The number of amides is 2. The van der Waals surface area contributed by atoms with E-state index in [9.17, 15) is 23.3 Å². The lowest BCUT2D eigenvalue weighted by atomic mass is 10.2. The molecule has 1 aromatic carbocycles. The summed E-state index contributed by atoms with van der Waals surface area (Å²) in [6.07, 6.45) is 2.01. The van der Waals surface area contributed by atoms with E-state index in [0.29, 0.717) is 18.7 Å². The van der Waals surface area contributed by atoms with E-state index in [4.69, 9.17) is 0 Å². The van der Waals surface area contributed by atoms with Crippen molar-refractivity contribution in [3.63, 3.8) is 0 Å². The number of piperazine rings is 1. The minimum atomic E-state index is -3.84. The Bertz CT molecular complexity index is 812. The van der Waals surface area contributed by atoms with Crippen LogP contribution in [0.15, 0.2) is 23.1 Å². The molecule has 0 aliphatic carbocycles. The van der Waals surface area contributed by atoms with Gasteiger partial charge in [0.1, 0.15) is 0 Å². The van der Waals surface area contributed by atoms with Gasteiger partial charge in [0.25, 0.3) is 5.69 Å². The highest BCUT2D eigenvalue weighted by Crippen LogP contribution is 2.26. The lowest BCUT2D eigenvalue weighted by Gasteiger charge is -2.36. The summed E-state index contributed by atoms with van der Waals surface area (Å²) < 4.78 is 27.1. The Hall–Kier alpha value is -2.20. The van der Waals surface area contributed by atoms with Crippen molar-refractivity contribution in [3.8, 4) is 0 Å². The summed E-state index contributed by atoms with van der Waals surface area (Å²) >= 11 is 0. The quantitative estimate of drug-likeness (QED) is 0.581. The number of aryl methyl sites for hydroxylation is 1. The zero-order valence-electron chi connectivity index (χ0n) is 14.6. The Morgan fingerprint density at radius 1 is 1.04 bits per heavy atom. The fraction of sp³-hybridized carbons (Fsp3) is 0.562. The molecule has 2 heterocycles. The second-order valence-electron chi connectivity index (χ2n) is 6.57. The summed E-state index contributed by atoms with van der Waals surface area (Å²) in [5.74, 6) is 0. The molecule has 2 aliphatic rings. The number of sulfonamides is 1. The Kier molecular flexibility index (Phi) is 5.15. The predicted octanol–water partition coefficient (Wildman–Crippen LogP) is 1.43. The van der Waals surface area contributed by atoms with Gasteiger partial charge < -0.3 is 9.80 Å². The number of carbonyl (C=O) groups excluding carboxylic acids is 1. The average Bonchev–Trinajstić information content (AvgIpc) is 3.16. The standard InChI is InChI=1S/C16H22N4O5S/c1-13-4-5-14(20(22)23)12-15(13)26(24,25)19-10-8-18(9-11-19)16(21)17-6-2-3-7-17/h4-5,12H,2-3,6-11H2,1H3. The van der Waals surface area contributed by atoms with Crippen LogP contribution in [0.2, 0.25) is 0 Å². The number of nitro benzene ring substituents is 1. The summed E-state index contributed by atoms with van der Waals surface area (Å²) in [5.41, 5.74) is 0.211. The summed E-state index contributed by atoms with van der Waals surface area (Å²) in [6.45, 7) is 4.14. The van der Waals surface area contributed by atoms with E-state index >= 15 is 0 Å². The molecule has 2 amide bonds. The van der Waals surface area contributed by atoms with Gasteiger partial charge in [-0.2, -0.15) is 4.31 Å². The summed E-state index contributed by atoms with van der Waals surface area (Å²) in [6, 6.07) is 3.80. The van der Waals surface area contributed by atoms with Crippen LogP contribution >= 0.6 is 0 Å². The molecule has 0 unspecified atom stereocenters. The Balaban J connectivity index is 1.73. The molecule has 0 spiro atoms. The SMILES string of the molecule is Cc1ccc([N+](=O)[O-])cc1S(=O)(=O)N1CCN(C(=O)N2CCCC2)CC1. The number of urea groups is 1. The number of non-ortho nitro benzene ring substituents is 1. The second-order valence-corrected chi connectivity index (χ2v) is 8.48. The van der Waals surface area contributed by atoms with Gasteiger partial charge in [-0.15, -0.1) is 0 Å². The normalized spacial score (nSPS) is 19.0.